The molecule has 1 unspecified atom stereocenters. The van der Waals surface area contributed by atoms with Crippen LogP contribution in [0.25, 0.3) is 0 Å². The molecule has 0 aliphatic carbocycles. The molecular formula is C18H19FN4O3. The van der Waals surface area contributed by atoms with Crippen molar-refractivity contribution in [2.24, 2.45) is 0 Å². The molecule has 136 valence electrons. The first-order chi connectivity index (χ1) is 12.7. The highest BCUT2D eigenvalue weighted by molar-refractivity contribution is 5.93. The Morgan fingerprint density at radius 2 is 2.12 bits per heavy atom. The molecule has 2 aliphatic heterocycles. The van der Waals surface area contributed by atoms with Gasteiger partial charge in [-0.1, -0.05) is 0 Å². The number of ether oxygens (including phenoxy) is 2. The SMILES string of the molecule is O=C(c1ccnnc1)N1CCC2(CC1)CC(Oc1ncccc1F)CO2. The molecule has 4 rings (SSSR count). The number of piperidine rings is 1. The zero-order valence-corrected chi connectivity index (χ0v) is 14.2. The van der Waals surface area contributed by atoms with E-state index in [9.17, 15) is 9.18 Å². The lowest BCUT2D eigenvalue weighted by molar-refractivity contribution is -0.0396. The molecule has 8 heteroatoms. The van der Waals surface area contributed by atoms with E-state index in [0.717, 1.165) is 12.8 Å². The van der Waals surface area contributed by atoms with Gasteiger partial charge in [-0.3, -0.25) is 4.79 Å². The number of hydrogen-bond donors (Lipinski definition) is 0. The standard InChI is InChI=1S/C18H19FN4O3/c19-15-2-1-6-20-16(15)26-14-10-18(25-12-14)4-8-23(9-5-18)17(24)13-3-7-21-22-11-13/h1-3,6-7,11,14H,4-5,8-10,12H2. The number of carbonyl (C=O) groups excluding carboxylic acids is 1. The Labute approximate surface area is 150 Å². The van der Waals surface area contributed by atoms with Crippen LogP contribution in [0.3, 0.4) is 0 Å². The summed E-state index contributed by atoms with van der Waals surface area (Å²) in [5, 5.41) is 7.45. The van der Waals surface area contributed by atoms with Crippen LogP contribution >= 0.6 is 0 Å². The average Bonchev–Trinajstić information content (AvgIpc) is 3.06. The van der Waals surface area contributed by atoms with Gasteiger partial charge in [0.05, 0.1) is 30.2 Å². The highest BCUT2D eigenvalue weighted by Gasteiger charge is 2.44. The van der Waals surface area contributed by atoms with Gasteiger partial charge in [0.25, 0.3) is 11.8 Å². The third-order valence-corrected chi connectivity index (χ3v) is 4.97. The number of pyridine rings is 1. The molecule has 1 spiro atoms. The van der Waals surface area contributed by atoms with E-state index in [1.54, 1.807) is 11.0 Å². The van der Waals surface area contributed by atoms with E-state index in [1.807, 2.05) is 0 Å². The number of halogens is 1. The maximum atomic E-state index is 13.7. The van der Waals surface area contributed by atoms with Crippen molar-refractivity contribution in [3.63, 3.8) is 0 Å². The minimum absolute atomic E-state index is 0.0101. The molecule has 26 heavy (non-hydrogen) atoms. The quantitative estimate of drug-likeness (QED) is 0.833. The van der Waals surface area contributed by atoms with Crippen molar-refractivity contribution in [2.45, 2.75) is 31.0 Å². The Bertz CT molecular complexity index is 781. The fourth-order valence-corrected chi connectivity index (χ4v) is 3.56. The van der Waals surface area contributed by atoms with Gasteiger partial charge < -0.3 is 14.4 Å². The van der Waals surface area contributed by atoms with Crippen LogP contribution in [0.15, 0.2) is 36.8 Å². The van der Waals surface area contributed by atoms with Crippen LogP contribution < -0.4 is 4.74 Å². The Hall–Kier alpha value is -2.61. The molecule has 2 fully saturated rings. The van der Waals surface area contributed by atoms with Crippen LogP contribution in [0, 0.1) is 5.82 Å². The molecule has 2 aliphatic rings. The Morgan fingerprint density at radius 1 is 1.27 bits per heavy atom. The Kier molecular flexibility index (Phi) is 4.50. The molecule has 7 nitrogen and oxygen atoms in total. The number of hydrogen-bond acceptors (Lipinski definition) is 6. The van der Waals surface area contributed by atoms with E-state index < -0.39 is 5.82 Å². The predicted octanol–water partition coefficient (Wildman–Crippen LogP) is 1.85. The normalized spacial score (nSPS) is 21.7. The van der Waals surface area contributed by atoms with Crippen LogP contribution in [-0.4, -0.2) is 57.4 Å². The van der Waals surface area contributed by atoms with Crippen molar-refractivity contribution >= 4 is 5.91 Å². The number of amides is 1. The van der Waals surface area contributed by atoms with Crippen LogP contribution in [0.4, 0.5) is 4.39 Å². The monoisotopic (exact) mass is 358 g/mol. The van der Waals surface area contributed by atoms with E-state index in [1.165, 1.54) is 30.7 Å². The molecule has 0 radical (unpaired) electrons. The maximum Gasteiger partial charge on any atom is 0.255 e. The van der Waals surface area contributed by atoms with E-state index in [0.29, 0.717) is 31.7 Å². The van der Waals surface area contributed by atoms with Gasteiger partial charge in [0, 0.05) is 25.7 Å². The summed E-state index contributed by atoms with van der Waals surface area (Å²) in [4.78, 5) is 18.2. The Balaban J connectivity index is 1.34. The summed E-state index contributed by atoms with van der Waals surface area (Å²) in [5.74, 6) is -0.508. The van der Waals surface area contributed by atoms with E-state index in [-0.39, 0.29) is 23.5 Å². The third-order valence-electron chi connectivity index (χ3n) is 4.97. The summed E-state index contributed by atoms with van der Waals surface area (Å²) in [7, 11) is 0. The van der Waals surface area contributed by atoms with Crippen molar-refractivity contribution in [2.75, 3.05) is 19.7 Å². The lowest BCUT2D eigenvalue weighted by Crippen LogP contribution is -2.46. The molecule has 4 heterocycles. The summed E-state index contributed by atoms with van der Waals surface area (Å²) in [6.45, 7) is 1.61. The van der Waals surface area contributed by atoms with Gasteiger partial charge >= 0.3 is 0 Å². The van der Waals surface area contributed by atoms with Crippen molar-refractivity contribution in [3.8, 4) is 5.88 Å². The van der Waals surface area contributed by atoms with Gasteiger partial charge in [-0.25, -0.2) is 9.37 Å². The summed E-state index contributed by atoms with van der Waals surface area (Å²) in [6, 6.07) is 4.52. The topological polar surface area (TPSA) is 77.4 Å². The van der Waals surface area contributed by atoms with Crippen LogP contribution in [0.5, 0.6) is 5.88 Å². The molecule has 2 saturated heterocycles. The van der Waals surface area contributed by atoms with E-state index in [2.05, 4.69) is 15.2 Å². The molecule has 2 aromatic rings. The summed E-state index contributed by atoms with van der Waals surface area (Å²) in [5.41, 5.74) is 0.221. The van der Waals surface area contributed by atoms with Crippen LogP contribution in [0.1, 0.15) is 29.6 Å². The summed E-state index contributed by atoms with van der Waals surface area (Å²) < 4.78 is 25.4. The first-order valence-electron chi connectivity index (χ1n) is 8.62. The number of carbonyl (C=O) groups is 1. The van der Waals surface area contributed by atoms with Crippen LogP contribution in [0.2, 0.25) is 0 Å². The van der Waals surface area contributed by atoms with Crippen molar-refractivity contribution in [1.82, 2.24) is 20.1 Å². The van der Waals surface area contributed by atoms with Crippen molar-refractivity contribution in [1.29, 1.82) is 0 Å². The molecular weight excluding hydrogens is 339 g/mol. The van der Waals surface area contributed by atoms with Gasteiger partial charge in [-0.15, -0.1) is 0 Å². The third kappa shape index (κ3) is 3.37. The fourth-order valence-electron chi connectivity index (χ4n) is 3.56. The number of rotatable bonds is 3. The minimum Gasteiger partial charge on any atom is -0.470 e. The Morgan fingerprint density at radius 3 is 2.85 bits per heavy atom. The second-order valence-electron chi connectivity index (χ2n) is 6.65. The lowest BCUT2D eigenvalue weighted by Gasteiger charge is -2.38. The summed E-state index contributed by atoms with van der Waals surface area (Å²) >= 11 is 0. The van der Waals surface area contributed by atoms with Gasteiger partial charge in [-0.2, -0.15) is 10.2 Å². The molecule has 1 atom stereocenters. The molecule has 0 saturated carbocycles. The largest absolute Gasteiger partial charge is 0.470 e. The highest BCUT2D eigenvalue weighted by Crippen LogP contribution is 2.37. The van der Waals surface area contributed by atoms with Crippen molar-refractivity contribution in [3.05, 3.63) is 48.2 Å². The molecule has 0 N–H and O–H groups in total. The fraction of sp³-hybridized carbons (Fsp3) is 0.444. The second kappa shape index (κ2) is 6.95. The van der Waals surface area contributed by atoms with E-state index in [4.69, 9.17) is 9.47 Å². The zero-order chi connectivity index (χ0) is 18.0. The first-order valence-corrected chi connectivity index (χ1v) is 8.62. The van der Waals surface area contributed by atoms with Crippen LogP contribution in [-0.2, 0) is 4.74 Å². The second-order valence-corrected chi connectivity index (χ2v) is 6.65. The molecule has 0 aromatic carbocycles. The molecule has 2 aromatic heterocycles. The minimum atomic E-state index is -0.472. The van der Waals surface area contributed by atoms with Crippen molar-refractivity contribution < 1.29 is 18.7 Å². The predicted molar refractivity (Wildman–Crippen MR) is 89.1 cm³/mol. The number of likely N-dealkylation sites (tertiary alicyclic amines) is 1. The zero-order valence-electron chi connectivity index (χ0n) is 14.2. The van der Waals surface area contributed by atoms with E-state index >= 15 is 0 Å². The maximum absolute atomic E-state index is 13.7. The lowest BCUT2D eigenvalue weighted by atomic mass is 9.88. The first kappa shape index (κ1) is 16.8. The molecule has 0 bridgehead atoms. The summed E-state index contributed by atoms with van der Waals surface area (Å²) in [6.07, 6.45) is 6.38. The average molecular weight is 358 g/mol. The van der Waals surface area contributed by atoms with Gasteiger partial charge in [0.1, 0.15) is 6.10 Å². The van der Waals surface area contributed by atoms with Gasteiger partial charge in [0.2, 0.25) is 0 Å². The van der Waals surface area contributed by atoms with Gasteiger partial charge in [-0.05, 0) is 31.0 Å². The van der Waals surface area contributed by atoms with Gasteiger partial charge in [0.15, 0.2) is 5.82 Å². The highest BCUT2D eigenvalue weighted by atomic mass is 19.1. The number of aromatic nitrogens is 3. The number of nitrogens with zero attached hydrogens (tertiary/aromatic N) is 4. The molecule has 1 amide bonds. The smallest absolute Gasteiger partial charge is 0.255 e.